The van der Waals surface area contributed by atoms with Gasteiger partial charge in [0.05, 0.1) is 0 Å². The molecule has 1 heterocycles. The maximum atomic E-state index is 12.4. The number of aromatic nitrogens is 1. The zero-order chi connectivity index (χ0) is 9.47. The van der Waals surface area contributed by atoms with Gasteiger partial charge in [-0.05, 0) is 17.5 Å². The Balaban J connectivity index is 2.75. The highest BCUT2D eigenvalue weighted by molar-refractivity contribution is 6.75. The first-order valence-electron chi connectivity index (χ1n) is 3.85. The largest absolute Gasteiger partial charge is 0.510 e. The first kappa shape index (κ1) is 8.22. The second kappa shape index (κ2) is 2.55. The topological polar surface area (TPSA) is 15.8 Å². The number of aromatic amines is 1. The molecule has 68 valence electrons. The fraction of sp³-hybridized carbons (Fsp3) is 0. The summed E-state index contributed by atoms with van der Waals surface area (Å²) in [5.41, 5.74) is -0.00421. The summed E-state index contributed by atoms with van der Waals surface area (Å²) in [6, 6.07) is 5.58. The van der Waals surface area contributed by atoms with Crippen LogP contribution in [-0.4, -0.2) is 12.0 Å². The van der Waals surface area contributed by atoms with Crippen LogP contribution in [0.1, 0.15) is 0 Å². The number of H-pyrrole nitrogens is 1. The Morgan fingerprint density at radius 1 is 1.08 bits per heavy atom. The monoisotopic (exact) mass is 184 g/mol. The molecule has 0 saturated heterocycles. The van der Waals surface area contributed by atoms with E-state index in [-0.39, 0.29) is 5.39 Å². The number of nitrogens with one attached hydrogen (secondary N) is 1. The Bertz CT molecular complexity index is 432. The van der Waals surface area contributed by atoms with Gasteiger partial charge in [0, 0.05) is 11.7 Å². The molecule has 1 aromatic heterocycles. The lowest BCUT2D eigenvalue weighted by Gasteiger charge is -2.15. The average Bonchev–Trinajstić information content (AvgIpc) is 2.48. The van der Waals surface area contributed by atoms with E-state index >= 15 is 0 Å². The van der Waals surface area contributed by atoms with Crippen LogP contribution >= 0.6 is 0 Å². The molecule has 2 rings (SSSR count). The summed E-state index contributed by atoms with van der Waals surface area (Å²) < 4.78 is 37.3. The Labute approximate surface area is 72.6 Å². The van der Waals surface area contributed by atoms with Crippen molar-refractivity contribution < 1.29 is 12.9 Å². The first-order valence-corrected chi connectivity index (χ1v) is 3.85. The molecule has 0 radical (unpaired) electrons. The minimum absolute atomic E-state index is 0.245. The lowest BCUT2D eigenvalue weighted by molar-refractivity contribution is 0.502. The minimum atomic E-state index is -4.91. The van der Waals surface area contributed by atoms with E-state index in [0.717, 1.165) is 6.07 Å². The van der Waals surface area contributed by atoms with Gasteiger partial charge >= 0.3 is 6.98 Å². The van der Waals surface area contributed by atoms with Crippen molar-refractivity contribution in [2.45, 2.75) is 0 Å². The molecule has 1 nitrogen and oxygen atoms in total. The molecule has 0 amide bonds. The van der Waals surface area contributed by atoms with Crippen molar-refractivity contribution in [3.8, 4) is 0 Å². The van der Waals surface area contributed by atoms with Gasteiger partial charge < -0.3 is 17.9 Å². The highest BCUT2D eigenvalue weighted by atomic mass is 19.4. The van der Waals surface area contributed by atoms with Crippen molar-refractivity contribution >= 4 is 23.3 Å². The standard InChI is InChI=1S/C8H6BF3N/c10-9(11,12)7-2-1-3-8-6(7)4-5-13-8/h1-5,13H/q-1. The SMILES string of the molecule is F[B-](F)(F)c1cccc2[nH]ccc12. The van der Waals surface area contributed by atoms with E-state index in [1.807, 2.05) is 0 Å². The summed E-state index contributed by atoms with van der Waals surface area (Å²) in [6.45, 7) is -4.91. The van der Waals surface area contributed by atoms with Gasteiger partial charge in [0.1, 0.15) is 0 Å². The Kier molecular flexibility index (Phi) is 1.61. The average molecular weight is 184 g/mol. The summed E-state index contributed by atoms with van der Waals surface area (Å²) >= 11 is 0. The van der Waals surface area contributed by atoms with E-state index in [1.165, 1.54) is 18.3 Å². The van der Waals surface area contributed by atoms with E-state index in [9.17, 15) is 12.9 Å². The van der Waals surface area contributed by atoms with Crippen LogP contribution in [0.2, 0.25) is 0 Å². The van der Waals surface area contributed by atoms with Crippen LogP contribution in [0.5, 0.6) is 0 Å². The van der Waals surface area contributed by atoms with Gasteiger partial charge in [-0.15, -0.1) is 0 Å². The van der Waals surface area contributed by atoms with Crippen molar-refractivity contribution in [1.29, 1.82) is 0 Å². The zero-order valence-electron chi connectivity index (χ0n) is 6.60. The van der Waals surface area contributed by atoms with Crippen molar-refractivity contribution in [3.63, 3.8) is 0 Å². The highest BCUT2D eigenvalue weighted by Crippen LogP contribution is 2.16. The lowest BCUT2D eigenvalue weighted by atomic mass is 9.78. The quantitative estimate of drug-likeness (QED) is 0.654. The van der Waals surface area contributed by atoms with E-state index < -0.39 is 12.4 Å². The van der Waals surface area contributed by atoms with Crippen molar-refractivity contribution in [2.75, 3.05) is 0 Å². The molecule has 0 aliphatic carbocycles. The van der Waals surface area contributed by atoms with Gasteiger partial charge in [0.15, 0.2) is 0 Å². The second-order valence-corrected chi connectivity index (χ2v) is 2.86. The summed E-state index contributed by atoms with van der Waals surface area (Å²) in [4.78, 5) is 2.74. The maximum Gasteiger partial charge on any atom is 0.510 e. The Morgan fingerprint density at radius 2 is 1.85 bits per heavy atom. The molecular weight excluding hydrogens is 178 g/mol. The Morgan fingerprint density at radius 3 is 2.54 bits per heavy atom. The van der Waals surface area contributed by atoms with Crippen molar-refractivity contribution in [3.05, 3.63) is 30.5 Å². The molecule has 0 atom stereocenters. The predicted molar refractivity (Wildman–Crippen MR) is 47.0 cm³/mol. The molecule has 0 spiro atoms. The normalized spacial score (nSPS) is 12.2. The number of benzene rings is 1. The van der Waals surface area contributed by atoms with E-state index in [4.69, 9.17) is 0 Å². The molecule has 0 bridgehead atoms. The predicted octanol–water partition coefficient (Wildman–Crippen LogP) is 2.22. The third-order valence-corrected chi connectivity index (χ3v) is 1.98. The van der Waals surface area contributed by atoms with Crippen LogP contribution in [-0.2, 0) is 0 Å². The lowest BCUT2D eigenvalue weighted by Crippen LogP contribution is -2.34. The first-order chi connectivity index (χ1) is 6.09. The van der Waals surface area contributed by atoms with Crippen LogP contribution in [0.15, 0.2) is 30.5 Å². The molecule has 0 aliphatic rings. The van der Waals surface area contributed by atoms with Crippen LogP contribution in [0, 0.1) is 0 Å². The van der Waals surface area contributed by atoms with Crippen LogP contribution in [0.4, 0.5) is 12.9 Å². The highest BCUT2D eigenvalue weighted by Gasteiger charge is 2.27. The number of halogens is 3. The van der Waals surface area contributed by atoms with E-state index in [0.29, 0.717) is 5.52 Å². The van der Waals surface area contributed by atoms with E-state index in [1.54, 1.807) is 6.07 Å². The maximum absolute atomic E-state index is 12.4. The molecule has 13 heavy (non-hydrogen) atoms. The number of hydrogen-bond acceptors (Lipinski definition) is 0. The van der Waals surface area contributed by atoms with Gasteiger partial charge in [0.25, 0.3) is 0 Å². The van der Waals surface area contributed by atoms with Crippen LogP contribution in [0.3, 0.4) is 0 Å². The molecule has 0 saturated carbocycles. The number of hydrogen-bond donors (Lipinski definition) is 1. The molecule has 5 heteroatoms. The van der Waals surface area contributed by atoms with Crippen LogP contribution < -0.4 is 5.46 Å². The summed E-state index contributed by atoms with van der Waals surface area (Å²) in [5, 5.41) is 0.245. The fourth-order valence-corrected chi connectivity index (χ4v) is 1.40. The zero-order valence-corrected chi connectivity index (χ0v) is 6.60. The summed E-state index contributed by atoms with van der Waals surface area (Å²) in [7, 11) is 0. The van der Waals surface area contributed by atoms with Crippen molar-refractivity contribution in [1.82, 2.24) is 4.98 Å². The van der Waals surface area contributed by atoms with Gasteiger partial charge in [-0.2, -0.15) is 0 Å². The van der Waals surface area contributed by atoms with Gasteiger partial charge in [-0.25, -0.2) is 0 Å². The van der Waals surface area contributed by atoms with Gasteiger partial charge in [-0.1, -0.05) is 17.6 Å². The summed E-state index contributed by atoms with van der Waals surface area (Å²) in [5.74, 6) is 0. The third kappa shape index (κ3) is 1.30. The summed E-state index contributed by atoms with van der Waals surface area (Å²) in [6.07, 6.45) is 1.51. The number of fused-ring (bicyclic) bond motifs is 1. The van der Waals surface area contributed by atoms with Crippen molar-refractivity contribution in [2.24, 2.45) is 0 Å². The van der Waals surface area contributed by atoms with Gasteiger partial charge in [-0.3, -0.25) is 0 Å². The molecule has 0 aliphatic heterocycles. The fourth-order valence-electron chi connectivity index (χ4n) is 1.40. The molecule has 0 unspecified atom stereocenters. The molecule has 1 aromatic carbocycles. The minimum Gasteiger partial charge on any atom is -0.445 e. The molecule has 1 N–H and O–H groups in total. The second-order valence-electron chi connectivity index (χ2n) is 2.86. The third-order valence-electron chi connectivity index (χ3n) is 1.98. The van der Waals surface area contributed by atoms with Gasteiger partial charge in [0.2, 0.25) is 0 Å². The smallest absolute Gasteiger partial charge is 0.445 e. The number of rotatable bonds is 1. The molecular formula is C8H6BF3N-. The molecule has 2 aromatic rings. The molecule has 0 fully saturated rings. The van der Waals surface area contributed by atoms with Crippen LogP contribution in [0.25, 0.3) is 10.9 Å². The Hall–Kier alpha value is -1.39. The van der Waals surface area contributed by atoms with E-state index in [2.05, 4.69) is 4.98 Å².